The Morgan fingerprint density at radius 1 is 1.47 bits per heavy atom. The van der Waals surface area contributed by atoms with E-state index in [4.69, 9.17) is 16.3 Å². The lowest BCUT2D eigenvalue weighted by Crippen LogP contribution is -2.31. The van der Waals surface area contributed by atoms with E-state index in [2.05, 4.69) is 21.8 Å². The molecule has 0 radical (unpaired) electrons. The van der Waals surface area contributed by atoms with E-state index >= 15 is 0 Å². The fourth-order valence-corrected chi connectivity index (χ4v) is 2.13. The number of rotatable bonds is 5. The molecule has 1 aliphatic rings. The first-order chi connectivity index (χ1) is 8.28. The van der Waals surface area contributed by atoms with Crippen LogP contribution in [0.2, 0.25) is 5.15 Å². The van der Waals surface area contributed by atoms with Crippen molar-refractivity contribution in [2.45, 2.75) is 32.4 Å². The van der Waals surface area contributed by atoms with Gasteiger partial charge in [-0.05, 0) is 19.4 Å². The predicted octanol–water partition coefficient (Wildman–Crippen LogP) is 2.13. The minimum atomic E-state index is 0.384. The highest BCUT2D eigenvalue weighted by Crippen LogP contribution is 2.14. The lowest BCUT2D eigenvalue weighted by molar-refractivity contribution is 0.0720. The van der Waals surface area contributed by atoms with Crippen molar-refractivity contribution >= 4 is 11.6 Å². The number of aromatic nitrogens is 2. The van der Waals surface area contributed by atoms with Gasteiger partial charge in [0.25, 0.3) is 0 Å². The van der Waals surface area contributed by atoms with Gasteiger partial charge in [-0.15, -0.1) is 0 Å². The third kappa shape index (κ3) is 3.91. The molecule has 1 fully saturated rings. The number of ether oxygens (including phenoxy) is 1. The standard InChI is InChI=1S/C12H18ClN3O/c1-2-16(9-11-4-3-5-17-11)8-10-6-15-12(13)7-14-10/h6-7,11H,2-5,8-9H2,1H3. The van der Waals surface area contributed by atoms with E-state index in [1.54, 1.807) is 12.4 Å². The number of hydrogen-bond donors (Lipinski definition) is 0. The van der Waals surface area contributed by atoms with Crippen molar-refractivity contribution in [3.63, 3.8) is 0 Å². The molecular weight excluding hydrogens is 238 g/mol. The maximum absolute atomic E-state index is 5.71. The Hall–Kier alpha value is -0.710. The summed E-state index contributed by atoms with van der Waals surface area (Å²) >= 11 is 5.71. The van der Waals surface area contributed by atoms with Crippen LogP contribution in [0.15, 0.2) is 12.4 Å². The first-order valence-electron chi connectivity index (χ1n) is 6.08. The summed E-state index contributed by atoms with van der Waals surface area (Å²) in [5.41, 5.74) is 0.953. The highest BCUT2D eigenvalue weighted by atomic mass is 35.5. The quantitative estimate of drug-likeness (QED) is 0.808. The van der Waals surface area contributed by atoms with Gasteiger partial charge in [0.05, 0.1) is 24.2 Å². The number of halogens is 1. The third-order valence-corrected chi connectivity index (χ3v) is 3.19. The van der Waals surface area contributed by atoms with Crippen LogP contribution in [0.4, 0.5) is 0 Å². The first kappa shape index (κ1) is 12.7. The molecule has 1 aromatic rings. The molecule has 1 aliphatic heterocycles. The summed E-state index contributed by atoms with van der Waals surface area (Å²) in [7, 11) is 0. The highest BCUT2D eigenvalue weighted by Gasteiger charge is 2.18. The minimum absolute atomic E-state index is 0.384. The summed E-state index contributed by atoms with van der Waals surface area (Å²) in [5, 5.41) is 0.441. The van der Waals surface area contributed by atoms with Crippen LogP contribution >= 0.6 is 11.6 Å². The van der Waals surface area contributed by atoms with Crippen molar-refractivity contribution in [2.75, 3.05) is 19.7 Å². The predicted molar refractivity (Wildman–Crippen MR) is 67.0 cm³/mol. The Bertz CT molecular complexity index is 338. The van der Waals surface area contributed by atoms with E-state index in [0.717, 1.165) is 31.9 Å². The number of likely N-dealkylation sites (N-methyl/N-ethyl adjacent to an activating group) is 1. The van der Waals surface area contributed by atoms with E-state index in [-0.39, 0.29) is 0 Å². The zero-order valence-corrected chi connectivity index (χ0v) is 10.9. The SMILES string of the molecule is CCN(Cc1cnc(Cl)cn1)CC1CCCO1. The Balaban J connectivity index is 1.87. The summed E-state index contributed by atoms with van der Waals surface area (Å²) in [5.74, 6) is 0. The first-order valence-corrected chi connectivity index (χ1v) is 6.46. The zero-order chi connectivity index (χ0) is 12.1. The average Bonchev–Trinajstić information content (AvgIpc) is 2.84. The lowest BCUT2D eigenvalue weighted by Gasteiger charge is -2.23. The summed E-state index contributed by atoms with van der Waals surface area (Å²) in [6.45, 7) is 5.83. The second-order valence-electron chi connectivity index (χ2n) is 4.29. The molecule has 94 valence electrons. The van der Waals surface area contributed by atoms with Crippen molar-refractivity contribution in [1.29, 1.82) is 0 Å². The Morgan fingerprint density at radius 2 is 2.35 bits per heavy atom. The maximum atomic E-state index is 5.71. The van der Waals surface area contributed by atoms with Gasteiger partial charge >= 0.3 is 0 Å². The van der Waals surface area contributed by atoms with E-state index in [1.165, 1.54) is 12.8 Å². The van der Waals surface area contributed by atoms with E-state index in [9.17, 15) is 0 Å². The Labute approximate surface area is 107 Å². The molecule has 0 N–H and O–H groups in total. The van der Waals surface area contributed by atoms with Gasteiger partial charge in [-0.1, -0.05) is 18.5 Å². The van der Waals surface area contributed by atoms with Gasteiger partial charge < -0.3 is 4.74 Å². The van der Waals surface area contributed by atoms with Crippen molar-refractivity contribution in [3.8, 4) is 0 Å². The molecule has 0 bridgehead atoms. The highest BCUT2D eigenvalue weighted by molar-refractivity contribution is 6.29. The molecule has 0 aromatic carbocycles. The van der Waals surface area contributed by atoms with Gasteiger partial charge in [0.1, 0.15) is 5.15 Å². The van der Waals surface area contributed by atoms with Crippen LogP contribution in [-0.2, 0) is 11.3 Å². The van der Waals surface area contributed by atoms with Crippen LogP contribution in [0.3, 0.4) is 0 Å². The van der Waals surface area contributed by atoms with Crippen molar-refractivity contribution in [3.05, 3.63) is 23.2 Å². The van der Waals surface area contributed by atoms with Crippen LogP contribution in [0, 0.1) is 0 Å². The van der Waals surface area contributed by atoms with Crippen LogP contribution in [-0.4, -0.2) is 40.7 Å². The molecule has 1 unspecified atom stereocenters. The molecule has 17 heavy (non-hydrogen) atoms. The molecule has 1 atom stereocenters. The molecular formula is C12H18ClN3O. The molecule has 0 aliphatic carbocycles. The Morgan fingerprint density at radius 3 is 2.94 bits per heavy atom. The molecule has 1 saturated heterocycles. The molecule has 5 heteroatoms. The van der Waals surface area contributed by atoms with E-state index in [0.29, 0.717) is 11.3 Å². The molecule has 0 spiro atoms. The monoisotopic (exact) mass is 255 g/mol. The van der Waals surface area contributed by atoms with Gasteiger partial charge in [-0.3, -0.25) is 9.88 Å². The van der Waals surface area contributed by atoms with Crippen molar-refractivity contribution in [2.24, 2.45) is 0 Å². The number of nitrogens with zero attached hydrogens (tertiary/aromatic N) is 3. The van der Waals surface area contributed by atoms with Crippen molar-refractivity contribution < 1.29 is 4.74 Å². The summed E-state index contributed by atoms with van der Waals surface area (Å²) in [4.78, 5) is 10.6. The second-order valence-corrected chi connectivity index (χ2v) is 4.68. The smallest absolute Gasteiger partial charge is 0.147 e. The van der Waals surface area contributed by atoms with E-state index < -0.39 is 0 Å². The maximum Gasteiger partial charge on any atom is 0.147 e. The van der Waals surface area contributed by atoms with E-state index in [1.807, 2.05) is 0 Å². The molecule has 2 rings (SSSR count). The zero-order valence-electron chi connectivity index (χ0n) is 10.1. The van der Waals surface area contributed by atoms with Gasteiger partial charge in [0.2, 0.25) is 0 Å². The molecule has 0 saturated carbocycles. The lowest BCUT2D eigenvalue weighted by atomic mass is 10.2. The number of hydrogen-bond acceptors (Lipinski definition) is 4. The van der Waals surface area contributed by atoms with Crippen molar-refractivity contribution in [1.82, 2.24) is 14.9 Å². The third-order valence-electron chi connectivity index (χ3n) is 2.99. The second kappa shape index (κ2) is 6.28. The van der Waals surface area contributed by atoms with Crippen LogP contribution in [0.1, 0.15) is 25.5 Å². The van der Waals surface area contributed by atoms with Gasteiger partial charge in [0.15, 0.2) is 0 Å². The largest absolute Gasteiger partial charge is 0.377 e. The molecule has 0 amide bonds. The summed E-state index contributed by atoms with van der Waals surface area (Å²) < 4.78 is 5.64. The van der Waals surface area contributed by atoms with Crippen LogP contribution in [0.5, 0.6) is 0 Å². The summed E-state index contributed by atoms with van der Waals surface area (Å²) in [6, 6.07) is 0. The molecule has 1 aromatic heterocycles. The topological polar surface area (TPSA) is 38.2 Å². The normalized spacial score (nSPS) is 20.1. The fraction of sp³-hybridized carbons (Fsp3) is 0.667. The van der Waals surface area contributed by atoms with Crippen LogP contribution in [0.25, 0.3) is 0 Å². The Kier molecular flexibility index (Phi) is 4.71. The summed E-state index contributed by atoms with van der Waals surface area (Å²) in [6.07, 6.45) is 6.07. The average molecular weight is 256 g/mol. The van der Waals surface area contributed by atoms with Crippen LogP contribution < -0.4 is 0 Å². The molecule has 2 heterocycles. The minimum Gasteiger partial charge on any atom is -0.377 e. The van der Waals surface area contributed by atoms with Gasteiger partial charge in [0, 0.05) is 19.7 Å². The van der Waals surface area contributed by atoms with Gasteiger partial charge in [-0.2, -0.15) is 0 Å². The fourth-order valence-electron chi connectivity index (χ4n) is 2.03. The molecule has 4 nitrogen and oxygen atoms in total. The van der Waals surface area contributed by atoms with Gasteiger partial charge in [-0.25, -0.2) is 4.98 Å².